The van der Waals surface area contributed by atoms with Gasteiger partial charge in [-0.25, -0.2) is 0 Å². The van der Waals surface area contributed by atoms with Gasteiger partial charge in [-0.05, 0) is 23.6 Å². The van der Waals surface area contributed by atoms with Crippen molar-refractivity contribution in [2.24, 2.45) is 0 Å². The van der Waals surface area contributed by atoms with Gasteiger partial charge in [0.05, 0.1) is 5.56 Å². The van der Waals surface area contributed by atoms with E-state index in [1.54, 1.807) is 43.7 Å². The SMILES string of the molecule is BOc1ccc2c(c1)O/C(=C\c1cccs1)C2=O. The second kappa shape index (κ2) is 4.35. The summed E-state index contributed by atoms with van der Waals surface area (Å²) in [6, 6.07) is 9.09. The molecule has 0 saturated carbocycles. The molecule has 18 heavy (non-hydrogen) atoms. The molecule has 2 aromatic rings. The van der Waals surface area contributed by atoms with Crippen LogP contribution in [0, 0.1) is 0 Å². The fourth-order valence-electron chi connectivity index (χ4n) is 1.80. The number of hydrogen-bond donors (Lipinski definition) is 0. The summed E-state index contributed by atoms with van der Waals surface area (Å²) in [7, 11) is 1.58. The fraction of sp³-hybridized carbons (Fsp3) is 0. The Morgan fingerprint density at radius 3 is 2.94 bits per heavy atom. The number of ether oxygens (including phenoxy) is 1. The molecular weight excluding hydrogens is 247 g/mol. The van der Waals surface area contributed by atoms with Crippen LogP contribution < -0.4 is 9.39 Å². The summed E-state index contributed by atoms with van der Waals surface area (Å²) in [5, 5.41) is 1.96. The minimum atomic E-state index is -0.0824. The molecular formula is C13H9BO3S. The summed E-state index contributed by atoms with van der Waals surface area (Å²) in [4.78, 5) is 13.1. The van der Waals surface area contributed by atoms with Gasteiger partial charge in [0.25, 0.3) is 0 Å². The molecule has 3 rings (SSSR count). The van der Waals surface area contributed by atoms with Crippen molar-refractivity contribution in [1.29, 1.82) is 0 Å². The normalized spacial score (nSPS) is 15.6. The molecule has 3 nitrogen and oxygen atoms in total. The predicted octanol–water partition coefficient (Wildman–Crippen LogP) is 2.29. The molecule has 1 aromatic carbocycles. The first-order chi connectivity index (χ1) is 8.78. The minimum absolute atomic E-state index is 0.0824. The molecule has 1 aromatic heterocycles. The van der Waals surface area contributed by atoms with Crippen LogP contribution in [0.4, 0.5) is 0 Å². The highest BCUT2D eigenvalue weighted by Crippen LogP contribution is 2.34. The maximum atomic E-state index is 12.1. The number of thiophene rings is 1. The van der Waals surface area contributed by atoms with Gasteiger partial charge in [0, 0.05) is 17.0 Å². The average molecular weight is 256 g/mol. The fourth-order valence-corrected chi connectivity index (χ4v) is 2.44. The lowest BCUT2D eigenvalue weighted by Gasteiger charge is -2.01. The van der Waals surface area contributed by atoms with Gasteiger partial charge >= 0.3 is 8.05 Å². The van der Waals surface area contributed by atoms with Crippen LogP contribution in [0.15, 0.2) is 41.5 Å². The van der Waals surface area contributed by atoms with Crippen molar-refractivity contribution < 1.29 is 14.2 Å². The third kappa shape index (κ3) is 1.82. The first kappa shape index (κ1) is 11.1. The van der Waals surface area contributed by atoms with Crippen molar-refractivity contribution in [1.82, 2.24) is 0 Å². The molecule has 0 radical (unpaired) electrons. The van der Waals surface area contributed by atoms with E-state index in [0.717, 1.165) is 4.88 Å². The van der Waals surface area contributed by atoms with Crippen molar-refractivity contribution >= 4 is 31.2 Å². The van der Waals surface area contributed by atoms with E-state index < -0.39 is 0 Å². The lowest BCUT2D eigenvalue weighted by atomic mass is 10.1. The Labute approximate surface area is 109 Å². The summed E-state index contributed by atoms with van der Waals surface area (Å²) >= 11 is 1.56. The lowest BCUT2D eigenvalue weighted by Crippen LogP contribution is -1.97. The number of ketones is 1. The van der Waals surface area contributed by atoms with E-state index in [-0.39, 0.29) is 5.78 Å². The Kier molecular flexibility index (Phi) is 2.68. The largest absolute Gasteiger partial charge is 0.568 e. The zero-order valence-electron chi connectivity index (χ0n) is 9.67. The van der Waals surface area contributed by atoms with E-state index in [0.29, 0.717) is 22.8 Å². The van der Waals surface area contributed by atoms with Crippen LogP contribution in [0.25, 0.3) is 6.08 Å². The highest BCUT2D eigenvalue weighted by Gasteiger charge is 2.27. The minimum Gasteiger partial charge on any atom is -0.568 e. The predicted molar refractivity (Wildman–Crippen MR) is 72.9 cm³/mol. The maximum absolute atomic E-state index is 12.1. The van der Waals surface area contributed by atoms with Crippen LogP contribution in [0.5, 0.6) is 11.5 Å². The van der Waals surface area contributed by atoms with E-state index >= 15 is 0 Å². The van der Waals surface area contributed by atoms with Crippen LogP contribution >= 0.6 is 11.3 Å². The molecule has 0 aliphatic carbocycles. The third-order valence-corrected chi connectivity index (χ3v) is 3.51. The number of carbonyl (C=O) groups is 1. The first-order valence-corrected chi connectivity index (χ1v) is 6.31. The van der Waals surface area contributed by atoms with E-state index in [1.165, 1.54) is 0 Å². The Balaban J connectivity index is 1.98. The summed E-state index contributed by atoms with van der Waals surface area (Å²) in [5.41, 5.74) is 0.582. The van der Waals surface area contributed by atoms with E-state index in [1.807, 2.05) is 17.5 Å². The monoisotopic (exact) mass is 256 g/mol. The number of rotatable bonds is 2. The second-order valence-electron chi connectivity index (χ2n) is 3.82. The van der Waals surface area contributed by atoms with Crippen molar-refractivity contribution in [2.75, 3.05) is 0 Å². The standard InChI is InChI=1S/C13H9BO3S/c14-17-8-3-4-10-11(6-8)16-12(13(10)15)7-9-2-1-5-18-9/h1-7H,14H2/b12-7-. The van der Waals surface area contributed by atoms with Crippen LogP contribution in [-0.2, 0) is 0 Å². The number of carbonyl (C=O) groups excluding carboxylic acids is 1. The number of benzene rings is 1. The average Bonchev–Trinajstić information content (AvgIpc) is 2.99. The number of hydrogen-bond acceptors (Lipinski definition) is 4. The molecule has 0 bridgehead atoms. The highest BCUT2D eigenvalue weighted by atomic mass is 32.1. The molecule has 0 atom stereocenters. The summed E-state index contributed by atoms with van der Waals surface area (Å²) in [5.74, 6) is 1.52. The molecule has 1 aliphatic heterocycles. The van der Waals surface area contributed by atoms with Crippen molar-refractivity contribution in [3.05, 3.63) is 51.9 Å². The molecule has 0 unspecified atom stereocenters. The Morgan fingerprint density at radius 1 is 1.33 bits per heavy atom. The van der Waals surface area contributed by atoms with Gasteiger partial charge in [-0.2, -0.15) is 0 Å². The zero-order valence-corrected chi connectivity index (χ0v) is 10.5. The van der Waals surface area contributed by atoms with Crippen LogP contribution in [0.2, 0.25) is 0 Å². The summed E-state index contributed by atoms with van der Waals surface area (Å²) in [6.07, 6.45) is 1.76. The number of allylic oxidation sites excluding steroid dienone is 1. The molecule has 88 valence electrons. The van der Waals surface area contributed by atoms with Gasteiger partial charge in [0.2, 0.25) is 5.78 Å². The maximum Gasteiger partial charge on any atom is 0.322 e. The van der Waals surface area contributed by atoms with Crippen LogP contribution in [0.3, 0.4) is 0 Å². The van der Waals surface area contributed by atoms with Gasteiger partial charge in [-0.15, -0.1) is 11.3 Å². The Bertz CT molecular complexity index is 632. The van der Waals surface area contributed by atoms with E-state index in [9.17, 15) is 4.79 Å². The quantitative estimate of drug-likeness (QED) is 0.610. The molecule has 0 spiro atoms. The second-order valence-corrected chi connectivity index (χ2v) is 4.80. The number of fused-ring (bicyclic) bond motifs is 1. The van der Waals surface area contributed by atoms with Gasteiger partial charge in [-0.1, -0.05) is 6.07 Å². The Morgan fingerprint density at radius 2 is 2.22 bits per heavy atom. The van der Waals surface area contributed by atoms with E-state index in [2.05, 4.69) is 0 Å². The van der Waals surface area contributed by atoms with Gasteiger partial charge in [0.1, 0.15) is 11.5 Å². The van der Waals surface area contributed by atoms with Crippen LogP contribution in [0.1, 0.15) is 15.2 Å². The lowest BCUT2D eigenvalue weighted by molar-refractivity contribution is 0.101. The van der Waals surface area contributed by atoms with Crippen LogP contribution in [-0.4, -0.2) is 13.8 Å². The highest BCUT2D eigenvalue weighted by molar-refractivity contribution is 7.10. The van der Waals surface area contributed by atoms with Gasteiger partial charge in [-0.3, -0.25) is 4.79 Å². The smallest absolute Gasteiger partial charge is 0.322 e. The van der Waals surface area contributed by atoms with Crippen molar-refractivity contribution in [3.63, 3.8) is 0 Å². The molecule has 5 heteroatoms. The van der Waals surface area contributed by atoms with Gasteiger partial charge < -0.3 is 9.39 Å². The summed E-state index contributed by atoms with van der Waals surface area (Å²) < 4.78 is 10.7. The molecule has 2 heterocycles. The van der Waals surface area contributed by atoms with E-state index in [4.69, 9.17) is 9.39 Å². The number of Topliss-reactive ketones (excluding diaryl/α,β-unsaturated/α-hetero) is 1. The Hall–Kier alpha value is -2.01. The molecule has 0 fully saturated rings. The van der Waals surface area contributed by atoms with Crippen molar-refractivity contribution in [3.8, 4) is 11.5 Å². The zero-order chi connectivity index (χ0) is 12.5. The van der Waals surface area contributed by atoms with Gasteiger partial charge in [0.15, 0.2) is 5.76 Å². The third-order valence-electron chi connectivity index (χ3n) is 2.69. The molecule has 0 saturated heterocycles. The van der Waals surface area contributed by atoms with Crippen molar-refractivity contribution in [2.45, 2.75) is 0 Å². The summed E-state index contributed by atoms with van der Waals surface area (Å²) in [6.45, 7) is 0. The topological polar surface area (TPSA) is 35.5 Å². The first-order valence-electron chi connectivity index (χ1n) is 5.44. The molecule has 0 N–H and O–H groups in total. The molecule has 0 amide bonds. The molecule has 1 aliphatic rings.